The van der Waals surface area contributed by atoms with Crippen LogP contribution < -0.4 is 16.1 Å². The number of benzene rings is 1. The zero-order valence-corrected chi connectivity index (χ0v) is 23.3. The Kier molecular flexibility index (Phi) is 7.33. The number of halogens is 3. The van der Waals surface area contributed by atoms with Gasteiger partial charge in [-0.05, 0) is 38.8 Å². The van der Waals surface area contributed by atoms with Crippen LogP contribution in [0.1, 0.15) is 49.7 Å². The number of anilines is 1. The summed E-state index contributed by atoms with van der Waals surface area (Å²) >= 11 is 0. The molecule has 1 aliphatic carbocycles. The van der Waals surface area contributed by atoms with E-state index in [1.54, 1.807) is 24.8 Å². The lowest BCUT2D eigenvalue weighted by molar-refractivity contribution is -0.147. The van der Waals surface area contributed by atoms with Crippen molar-refractivity contribution in [3.05, 3.63) is 53.2 Å². The van der Waals surface area contributed by atoms with E-state index in [4.69, 9.17) is 0 Å². The third-order valence-corrected chi connectivity index (χ3v) is 10.3. The van der Waals surface area contributed by atoms with E-state index in [9.17, 15) is 22.9 Å². The van der Waals surface area contributed by atoms with E-state index in [-0.39, 0.29) is 17.5 Å². The van der Waals surface area contributed by atoms with E-state index in [1.165, 1.54) is 25.3 Å². The molecule has 0 bridgehead atoms. The van der Waals surface area contributed by atoms with Gasteiger partial charge in [0, 0.05) is 49.3 Å². The summed E-state index contributed by atoms with van der Waals surface area (Å²) in [5, 5.41) is 5.83. The molecule has 2 amide bonds. The lowest BCUT2D eigenvalue weighted by Crippen LogP contribution is -2.40. The number of hydrogen-bond acceptors (Lipinski definition) is 7. The van der Waals surface area contributed by atoms with E-state index in [2.05, 4.69) is 25.6 Å². The minimum atomic E-state index is -4.04. The lowest BCUT2D eigenvalue weighted by Gasteiger charge is -2.31. The molecule has 1 saturated carbocycles. The van der Waals surface area contributed by atoms with Crippen molar-refractivity contribution in [3.63, 3.8) is 0 Å². The fourth-order valence-corrected chi connectivity index (χ4v) is 7.28. The first-order valence-corrected chi connectivity index (χ1v) is 15.2. The second-order valence-electron chi connectivity index (χ2n) is 10.4. The molecule has 1 saturated heterocycles. The van der Waals surface area contributed by atoms with Crippen LogP contribution in [-0.2, 0) is 20.1 Å². The Morgan fingerprint density at radius 3 is 2.52 bits per heavy atom. The molecule has 5 rings (SSSR count). The number of carbonyl (C=O) groups is 2. The van der Waals surface area contributed by atoms with Gasteiger partial charge in [-0.2, -0.15) is 8.78 Å². The van der Waals surface area contributed by atoms with Gasteiger partial charge in [0.1, 0.15) is 30.0 Å². The second-order valence-corrected chi connectivity index (χ2v) is 13.5. The molecule has 0 spiro atoms. The molecule has 1 aliphatic heterocycles. The summed E-state index contributed by atoms with van der Waals surface area (Å²) in [7, 11) is -2.89. The predicted octanol–water partition coefficient (Wildman–Crippen LogP) is 3.87. The zero-order chi connectivity index (χ0) is 28.8. The first kappa shape index (κ1) is 28.0. The molecule has 1 aromatic carbocycles. The summed E-state index contributed by atoms with van der Waals surface area (Å²) in [6, 6.07) is 4.10. The Labute approximate surface area is 229 Å². The number of fused-ring (bicyclic) bond motifs is 1. The van der Waals surface area contributed by atoms with Crippen LogP contribution in [0.4, 0.5) is 19.0 Å². The molecule has 2 aliphatic rings. The molecule has 0 radical (unpaired) electrons. The molecular formula is C27H30F3N6O3P. The standard InChI is InChI=1S/C27H30F3N6O3P/c1-15(19-5-4-6-21(24(19)28)27(29,30)26(38)35-18-7-8-18)32-25-20-13-23(31-14-22(20)33-16(2)34-25)40(39)11-9-36(10-12-40)17(3)37/h4-6,13-15,18H,7-12H2,1-3H3,(H,35,38)(H,32,33,34)/t15-/m1/s1. The highest BCUT2D eigenvalue weighted by atomic mass is 31.2. The smallest absolute Gasteiger partial charge is 0.352 e. The third kappa shape index (κ3) is 5.41. The maximum Gasteiger partial charge on any atom is 0.352 e. The van der Waals surface area contributed by atoms with Gasteiger partial charge in [0.2, 0.25) is 5.91 Å². The number of pyridine rings is 1. The van der Waals surface area contributed by atoms with E-state index in [1.807, 2.05) is 0 Å². The molecule has 0 unspecified atom stereocenters. The Morgan fingerprint density at radius 2 is 1.88 bits per heavy atom. The van der Waals surface area contributed by atoms with Gasteiger partial charge in [-0.15, -0.1) is 0 Å². The van der Waals surface area contributed by atoms with Gasteiger partial charge >= 0.3 is 5.92 Å². The summed E-state index contributed by atoms with van der Waals surface area (Å²) in [6.07, 6.45) is 3.36. The molecule has 2 fully saturated rings. The number of aryl methyl sites for hydroxylation is 1. The van der Waals surface area contributed by atoms with Gasteiger partial charge in [0.25, 0.3) is 5.91 Å². The molecule has 2 N–H and O–H groups in total. The number of rotatable bonds is 7. The largest absolute Gasteiger partial charge is 0.363 e. The molecule has 9 nitrogen and oxygen atoms in total. The van der Waals surface area contributed by atoms with Gasteiger partial charge < -0.3 is 20.1 Å². The van der Waals surface area contributed by atoms with Crippen LogP contribution in [-0.4, -0.2) is 63.1 Å². The molecule has 40 heavy (non-hydrogen) atoms. The monoisotopic (exact) mass is 574 g/mol. The molecule has 212 valence electrons. The van der Waals surface area contributed by atoms with Crippen LogP contribution in [0.15, 0.2) is 30.5 Å². The summed E-state index contributed by atoms with van der Waals surface area (Å²) in [5.41, 5.74) is -0.209. The fraction of sp³-hybridized carbons (Fsp3) is 0.444. The van der Waals surface area contributed by atoms with Gasteiger partial charge in [-0.1, -0.05) is 12.1 Å². The lowest BCUT2D eigenvalue weighted by atomic mass is 9.99. The van der Waals surface area contributed by atoms with Crippen molar-refractivity contribution in [2.75, 3.05) is 30.7 Å². The SMILES string of the molecule is CC(=O)N1CCP(=O)(c2cc3c(N[C@H](C)c4cccc(C(F)(F)C(=O)NC5CC5)c4F)nc(C)nc3cn2)CC1. The third-order valence-electron chi connectivity index (χ3n) is 7.39. The number of nitrogens with zero attached hydrogens (tertiary/aromatic N) is 4. The fourth-order valence-electron chi connectivity index (χ4n) is 4.84. The Hall–Kier alpha value is -3.53. The Morgan fingerprint density at radius 1 is 1.18 bits per heavy atom. The van der Waals surface area contributed by atoms with E-state index >= 15 is 4.39 Å². The first-order chi connectivity index (χ1) is 18.9. The molecule has 3 heterocycles. The van der Waals surface area contributed by atoms with Crippen molar-refractivity contribution in [1.29, 1.82) is 0 Å². The summed E-state index contributed by atoms with van der Waals surface area (Å²) in [6.45, 7) is 5.49. The molecular weight excluding hydrogens is 544 g/mol. The van der Waals surface area contributed by atoms with Crippen molar-refractivity contribution >= 4 is 41.1 Å². The number of alkyl halides is 2. The van der Waals surface area contributed by atoms with Gasteiger partial charge in [0.15, 0.2) is 0 Å². The maximum atomic E-state index is 15.5. The van der Waals surface area contributed by atoms with Crippen LogP contribution in [0, 0.1) is 12.7 Å². The first-order valence-electron chi connectivity index (χ1n) is 13.1. The topological polar surface area (TPSA) is 117 Å². The predicted molar refractivity (Wildman–Crippen MR) is 145 cm³/mol. The van der Waals surface area contributed by atoms with Crippen LogP contribution in [0.5, 0.6) is 0 Å². The number of amides is 2. The minimum absolute atomic E-state index is 0.0697. The van der Waals surface area contributed by atoms with Crippen molar-refractivity contribution in [2.24, 2.45) is 0 Å². The number of carbonyl (C=O) groups excluding carboxylic acids is 2. The maximum absolute atomic E-state index is 15.5. The van der Waals surface area contributed by atoms with Crippen LogP contribution in [0.25, 0.3) is 10.9 Å². The van der Waals surface area contributed by atoms with Crippen LogP contribution >= 0.6 is 7.14 Å². The Bertz CT molecular complexity index is 1540. The molecule has 13 heteroatoms. The quantitative estimate of drug-likeness (QED) is 0.412. The summed E-state index contributed by atoms with van der Waals surface area (Å²) in [4.78, 5) is 38.8. The van der Waals surface area contributed by atoms with Crippen LogP contribution in [0.2, 0.25) is 0 Å². The van der Waals surface area contributed by atoms with Gasteiger partial charge in [-0.25, -0.2) is 14.4 Å². The summed E-state index contributed by atoms with van der Waals surface area (Å²) < 4.78 is 59.0. The average molecular weight is 575 g/mol. The number of hydrogen-bond donors (Lipinski definition) is 2. The number of aromatic nitrogens is 3. The van der Waals surface area contributed by atoms with E-state index in [0.29, 0.717) is 66.2 Å². The normalized spacial score (nSPS) is 17.9. The van der Waals surface area contributed by atoms with Gasteiger partial charge in [-0.3, -0.25) is 14.6 Å². The highest BCUT2D eigenvalue weighted by Gasteiger charge is 2.45. The molecule has 3 aromatic rings. The van der Waals surface area contributed by atoms with Crippen molar-refractivity contribution in [1.82, 2.24) is 25.2 Å². The van der Waals surface area contributed by atoms with E-state index in [0.717, 1.165) is 6.07 Å². The Balaban J connectivity index is 1.45. The van der Waals surface area contributed by atoms with Gasteiger partial charge in [0.05, 0.1) is 23.3 Å². The molecule has 1 atom stereocenters. The van der Waals surface area contributed by atoms with E-state index < -0.39 is 36.4 Å². The van der Waals surface area contributed by atoms with Crippen molar-refractivity contribution in [3.8, 4) is 0 Å². The number of nitrogens with one attached hydrogen (secondary N) is 2. The van der Waals surface area contributed by atoms with Crippen molar-refractivity contribution in [2.45, 2.75) is 51.6 Å². The zero-order valence-electron chi connectivity index (χ0n) is 22.4. The molecule has 2 aromatic heterocycles. The summed E-state index contributed by atoms with van der Waals surface area (Å²) in [5.74, 6) is -6.11. The minimum Gasteiger partial charge on any atom is -0.363 e. The highest BCUT2D eigenvalue weighted by molar-refractivity contribution is 7.71. The van der Waals surface area contributed by atoms with Crippen molar-refractivity contribution < 1.29 is 27.3 Å². The highest BCUT2D eigenvalue weighted by Crippen LogP contribution is 2.46. The van der Waals surface area contributed by atoms with Crippen LogP contribution in [0.3, 0.4) is 0 Å². The second kappa shape index (κ2) is 10.5. The average Bonchev–Trinajstić information content (AvgIpc) is 3.72.